The molecule has 4 nitrogen and oxygen atoms in total. The van der Waals surface area contributed by atoms with Crippen LogP contribution in [0, 0.1) is 11.3 Å². The van der Waals surface area contributed by atoms with E-state index in [-0.39, 0.29) is 0 Å². The molecule has 0 radical (unpaired) electrons. The fourth-order valence-electron chi connectivity index (χ4n) is 2.06. The molecule has 0 saturated heterocycles. The summed E-state index contributed by atoms with van der Waals surface area (Å²) in [6, 6.07) is 9.90. The first-order valence-corrected chi connectivity index (χ1v) is 7.01. The molecule has 3 heterocycles. The van der Waals surface area contributed by atoms with Crippen LogP contribution in [0.4, 0.5) is 0 Å². The highest BCUT2D eigenvalue weighted by atomic mass is 32.1. The van der Waals surface area contributed by atoms with Gasteiger partial charge in [0.15, 0.2) is 5.65 Å². The number of pyridine rings is 1. The second kappa shape index (κ2) is 5.21. The summed E-state index contributed by atoms with van der Waals surface area (Å²) in [5.41, 5.74) is 1.36. The monoisotopic (exact) mass is 268 g/mol. The first kappa shape index (κ1) is 11.9. The standard InChI is InChI=1S/C14H12N4S/c15-10-11-6-7-18-13(16-17-14(18)9-11)5-1-3-12-4-2-8-19-12/h2,4,6-9H,1,3,5H2. The van der Waals surface area contributed by atoms with Crippen molar-refractivity contribution in [3.63, 3.8) is 0 Å². The van der Waals surface area contributed by atoms with E-state index < -0.39 is 0 Å². The molecule has 0 unspecified atom stereocenters. The summed E-state index contributed by atoms with van der Waals surface area (Å²) in [6.45, 7) is 0. The first-order chi connectivity index (χ1) is 9.36. The maximum atomic E-state index is 8.84. The zero-order valence-corrected chi connectivity index (χ0v) is 11.1. The third-order valence-corrected chi connectivity index (χ3v) is 3.95. The Morgan fingerprint density at radius 2 is 2.21 bits per heavy atom. The average molecular weight is 268 g/mol. The van der Waals surface area contributed by atoms with Crippen molar-refractivity contribution in [1.29, 1.82) is 5.26 Å². The van der Waals surface area contributed by atoms with E-state index in [1.165, 1.54) is 4.88 Å². The van der Waals surface area contributed by atoms with Crippen LogP contribution in [-0.4, -0.2) is 14.6 Å². The van der Waals surface area contributed by atoms with E-state index in [0.29, 0.717) is 5.56 Å². The van der Waals surface area contributed by atoms with Gasteiger partial charge in [-0.05, 0) is 30.4 Å². The van der Waals surface area contributed by atoms with Crippen LogP contribution in [0.1, 0.15) is 22.7 Å². The second-order valence-corrected chi connectivity index (χ2v) is 5.34. The van der Waals surface area contributed by atoms with Gasteiger partial charge in [0.1, 0.15) is 5.82 Å². The zero-order chi connectivity index (χ0) is 13.1. The molecule has 5 heteroatoms. The van der Waals surface area contributed by atoms with Gasteiger partial charge in [-0.15, -0.1) is 21.5 Å². The minimum Gasteiger partial charge on any atom is -0.286 e. The van der Waals surface area contributed by atoms with E-state index in [0.717, 1.165) is 30.7 Å². The Kier molecular flexibility index (Phi) is 3.25. The smallest absolute Gasteiger partial charge is 0.162 e. The molecular weight excluding hydrogens is 256 g/mol. The minimum atomic E-state index is 0.616. The molecule has 19 heavy (non-hydrogen) atoms. The van der Waals surface area contributed by atoms with Crippen LogP contribution in [0.2, 0.25) is 0 Å². The van der Waals surface area contributed by atoms with Crippen LogP contribution < -0.4 is 0 Å². The van der Waals surface area contributed by atoms with Crippen LogP contribution in [-0.2, 0) is 12.8 Å². The van der Waals surface area contributed by atoms with Crippen molar-refractivity contribution in [2.75, 3.05) is 0 Å². The molecule has 3 rings (SSSR count). The molecule has 0 amide bonds. The van der Waals surface area contributed by atoms with Gasteiger partial charge in [-0.2, -0.15) is 5.26 Å². The van der Waals surface area contributed by atoms with Gasteiger partial charge in [0.05, 0.1) is 11.6 Å². The summed E-state index contributed by atoms with van der Waals surface area (Å²) in [4.78, 5) is 1.40. The molecule has 0 aromatic carbocycles. The summed E-state index contributed by atoms with van der Waals surface area (Å²) in [6.07, 6.45) is 4.89. The van der Waals surface area contributed by atoms with Crippen LogP contribution in [0.5, 0.6) is 0 Å². The molecule has 3 aromatic heterocycles. The maximum absolute atomic E-state index is 8.84. The number of aromatic nitrogens is 3. The Bertz CT molecular complexity index is 722. The van der Waals surface area contributed by atoms with Gasteiger partial charge >= 0.3 is 0 Å². The predicted octanol–water partition coefficient (Wildman–Crippen LogP) is 2.84. The zero-order valence-electron chi connectivity index (χ0n) is 10.3. The summed E-state index contributed by atoms with van der Waals surface area (Å²) in [5, 5.41) is 19.3. The lowest BCUT2D eigenvalue weighted by Gasteiger charge is -1.99. The topological polar surface area (TPSA) is 54.0 Å². The number of nitriles is 1. The molecule has 0 bridgehead atoms. The van der Waals surface area contributed by atoms with Gasteiger partial charge in [-0.25, -0.2) is 0 Å². The van der Waals surface area contributed by atoms with Crippen LogP contribution in [0.3, 0.4) is 0 Å². The largest absolute Gasteiger partial charge is 0.286 e. The Labute approximate surface area is 115 Å². The molecule has 0 aliphatic carbocycles. The Morgan fingerprint density at radius 1 is 1.26 bits per heavy atom. The minimum absolute atomic E-state index is 0.616. The molecule has 0 aliphatic heterocycles. The summed E-state index contributed by atoms with van der Waals surface area (Å²) in [7, 11) is 0. The fourth-order valence-corrected chi connectivity index (χ4v) is 2.81. The number of hydrogen-bond acceptors (Lipinski definition) is 4. The van der Waals surface area contributed by atoms with E-state index in [1.54, 1.807) is 23.5 Å². The van der Waals surface area contributed by atoms with Crippen molar-refractivity contribution < 1.29 is 0 Å². The first-order valence-electron chi connectivity index (χ1n) is 6.13. The molecule has 0 aliphatic rings. The second-order valence-electron chi connectivity index (χ2n) is 4.30. The molecule has 0 N–H and O–H groups in total. The van der Waals surface area contributed by atoms with Crippen LogP contribution in [0.25, 0.3) is 5.65 Å². The number of fused-ring (bicyclic) bond motifs is 1. The highest BCUT2D eigenvalue weighted by molar-refractivity contribution is 7.09. The highest BCUT2D eigenvalue weighted by Crippen LogP contribution is 2.13. The lowest BCUT2D eigenvalue weighted by Crippen LogP contribution is -1.96. The number of rotatable bonds is 4. The van der Waals surface area contributed by atoms with E-state index in [1.807, 2.05) is 10.6 Å². The quantitative estimate of drug-likeness (QED) is 0.731. The van der Waals surface area contributed by atoms with Crippen molar-refractivity contribution in [1.82, 2.24) is 14.6 Å². The average Bonchev–Trinajstić information content (AvgIpc) is 3.08. The van der Waals surface area contributed by atoms with Crippen molar-refractivity contribution in [2.24, 2.45) is 0 Å². The van der Waals surface area contributed by atoms with Crippen molar-refractivity contribution in [2.45, 2.75) is 19.3 Å². The third-order valence-electron chi connectivity index (χ3n) is 3.01. The summed E-state index contributed by atoms with van der Waals surface area (Å²) in [5.74, 6) is 0.955. The Balaban J connectivity index is 1.73. The highest BCUT2D eigenvalue weighted by Gasteiger charge is 2.06. The Hall–Kier alpha value is -2.19. The van der Waals surface area contributed by atoms with Crippen molar-refractivity contribution in [3.05, 3.63) is 52.1 Å². The number of thiophene rings is 1. The van der Waals surface area contributed by atoms with Crippen molar-refractivity contribution >= 4 is 17.0 Å². The number of aryl methyl sites for hydroxylation is 2. The molecule has 0 atom stereocenters. The normalized spacial score (nSPS) is 10.7. The number of hydrogen-bond donors (Lipinski definition) is 0. The molecular formula is C14H12N4S. The number of nitrogens with zero attached hydrogens (tertiary/aromatic N) is 4. The van der Waals surface area contributed by atoms with Gasteiger partial charge in [0.25, 0.3) is 0 Å². The van der Waals surface area contributed by atoms with Gasteiger partial charge < -0.3 is 0 Å². The fraction of sp³-hybridized carbons (Fsp3) is 0.214. The lowest BCUT2D eigenvalue weighted by molar-refractivity contribution is 0.767. The molecule has 0 saturated carbocycles. The van der Waals surface area contributed by atoms with Crippen LogP contribution in [0.15, 0.2) is 35.8 Å². The SMILES string of the molecule is N#Cc1ccn2c(CCCc3cccs3)nnc2c1. The molecule has 3 aromatic rings. The summed E-state index contributed by atoms with van der Waals surface area (Å²) >= 11 is 1.79. The van der Waals surface area contributed by atoms with Gasteiger partial charge in [-0.3, -0.25) is 4.40 Å². The molecule has 94 valence electrons. The van der Waals surface area contributed by atoms with Gasteiger partial charge in [-0.1, -0.05) is 6.07 Å². The van der Waals surface area contributed by atoms with E-state index in [9.17, 15) is 0 Å². The Morgan fingerprint density at radius 3 is 3.00 bits per heavy atom. The maximum Gasteiger partial charge on any atom is 0.162 e. The van der Waals surface area contributed by atoms with Gasteiger partial charge in [0, 0.05) is 23.6 Å². The van der Waals surface area contributed by atoms with E-state index in [4.69, 9.17) is 5.26 Å². The van der Waals surface area contributed by atoms with Crippen LogP contribution >= 0.6 is 11.3 Å². The lowest BCUT2D eigenvalue weighted by atomic mass is 10.2. The van der Waals surface area contributed by atoms with E-state index >= 15 is 0 Å². The summed E-state index contributed by atoms with van der Waals surface area (Å²) < 4.78 is 1.95. The third kappa shape index (κ3) is 2.49. The van der Waals surface area contributed by atoms with Crippen molar-refractivity contribution in [3.8, 4) is 6.07 Å². The molecule has 0 spiro atoms. The van der Waals surface area contributed by atoms with Gasteiger partial charge in [0.2, 0.25) is 0 Å². The van der Waals surface area contributed by atoms with E-state index in [2.05, 4.69) is 33.8 Å². The molecule has 0 fully saturated rings. The predicted molar refractivity (Wildman–Crippen MR) is 74.0 cm³/mol.